The minimum absolute atomic E-state index is 0.0557. The summed E-state index contributed by atoms with van der Waals surface area (Å²) in [5.74, 6) is 1.36. The number of phenolic OH excluding ortho intramolecular Hbond substituents is 1. The largest absolute Gasteiger partial charge is 0.508 e. The lowest BCUT2D eigenvalue weighted by Gasteiger charge is -2.24. The van der Waals surface area contributed by atoms with Crippen molar-refractivity contribution >= 4 is 33.3 Å². The molecule has 45 heavy (non-hydrogen) atoms. The molecular formula is C36H40N2O6S. The number of carbonyl (C=O) groups excluding carboxylic acids is 2. The molecule has 1 aromatic heterocycles. The van der Waals surface area contributed by atoms with E-state index in [1.54, 1.807) is 36.3 Å². The number of carbonyl (C=O) groups is 2. The van der Waals surface area contributed by atoms with Gasteiger partial charge in [0.05, 0.1) is 20.3 Å². The monoisotopic (exact) mass is 628 g/mol. The number of esters is 1. The Morgan fingerprint density at radius 2 is 1.84 bits per heavy atom. The third-order valence-corrected chi connectivity index (χ3v) is 9.97. The highest BCUT2D eigenvalue weighted by atomic mass is 32.1. The van der Waals surface area contributed by atoms with Crippen LogP contribution < -0.4 is 9.47 Å². The van der Waals surface area contributed by atoms with Crippen molar-refractivity contribution in [3.63, 3.8) is 0 Å². The molecule has 2 aliphatic heterocycles. The second-order valence-corrected chi connectivity index (χ2v) is 12.7. The summed E-state index contributed by atoms with van der Waals surface area (Å²) in [6.07, 6.45) is 4.00. The van der Waals surface area contributed by atoms with Gasteiger partial charge >= 0.3 is 5.97 Å². The molecule has 1 N–H and O–H groups in total. The molecule has 9 heteroatoms. The van der Waals surface area contributed by atoms with Crippen molar-refractivity contribution in [2.24, 2.45) is 0 Å². The van der Waals surface area contributed by atoms with Crippen molar-refractivity contribution < 1.29 is 28.9 Å². The molecule has 2 fully saturated rings. The van der Waals surface area contributed by atoms with Gasteiger partial charge in [0.15, 0.2) is 0 Å². The fourth-order valence-electron chi connectivity index (χ4n) is 6.38. The molecule has 2 saturated heterocycles. The normalized spacial score (nSPS) is 16.9. The van der Waals surface area contributed by atoms with Crippen molar-refractivity contribution in [1.82, 2.24) is 9.80 Å². The fourth-order valence-corrected chi connectivity index (χ4v) is 7.64. The zero-order chi connectivity index (χ0) is 31.3. The van der Waals surface area contributed by atoms with E-state index in [9.17, 15) is 14.7 Å². The molecule has 0 bridgehead atoms. The van der Waals surface area contributed by atoms with Gasteiger partial charge < -0.3 is 24.2 Å². The molecule has 8 nitrogen and oxygen atoms in total. The first-order valence-electron chi connectivity index (χ1n) is 15.8. The van der Waals surface area contributed by atoms with E-state index in [2.05, 4.69) is 23.1 Å². The van der Waals surface area contributed by atoms with Gasteiger partial charge in [0, 0.05) is 28.1 Å². The van der Waals surface area contributed by atoms with Crippen LogP contribution in [0.15, 0.2) is 60.7 Å². The van der Waals surface area contributed by atoms with E-state index >= 15 is 0 Å². The second-order valence-electron chi connectivity index (χ2n) is 11.7. The molecule has 1 atom stereocenters. The zero-order valence-corrected chi connectivity index (χ0v) is 26.7. The van der Waals surface area contributed by atoms with Crippen molar-refractivity contribution in [3.8, 4) is 27.7 Å². The lowest BCUT2D eigenvalue weighted by molar-refractivity contribution is -0.151. The lowest BCUT2D eigenvalue weighted by atomic mass is 9.97. The first kappa shape index (κ1) is 30.9. The van der Waals surface area contributed by atoms with E-state index in [1.165, 1.54) is 18.4 Å². The lowest BCUT2D eigenvalue weighted by Crippen LogP contribution is -2.39. The minimum Gasteiger partial charge on any atom is -0.508 e. The van der Waals surface area contributed by atoms with Gasteiger partial charge in [-0.25, -0.2) is 4.79 Å². The van der Waals surface area contributed by atoms with E-state index in [0.717, 1.165) is 57.0 Å². The summed E-state index contributed by atoms with van der Waals surface area (Å²) in [7, 11) is 1.63. The number of benzene rings is 3. The predicted molar refractivity (Wildman–Crippen MR) is 176 cm³/mol. The van der Waals surface area contributed by atoms with Crippen LogP contribution in [-0.2, 0) is 27.3 Å². The molecule has 6 rings (SSSR count). The zero-order valence-electron chi connectivity index (χ0n) is 25.9. The molecule has 0 spiro atoms. The number of hydrogen-bond acceptors (Lipinski definition) is 8. The highest BCUT2D eigenvalue weighted by Crippen LogP contribution is 2.42. The number of fused-ring (bicyclic) bond motifs is 1. The van der Waals surface area contributed by atoms with Gasteiger partial charge in [-0.3, -0.25) is 9.69 Å². The third-order valence-electron chi connectivity index (χ3n) is 8.73. The number of rotatable bonds is 12. The van der Waals surface area contributed by atoms with Crippen LogP contribution in [0.4, 0.5) is 0 Å². The van der Waals surface area contributed by atoms with Gasteiger partial charge in [0.25, 0.3) is 0 Å². The summed E-state index contributed by atoms with van der Waals surface area (Å²) in [6, 6.07) is 19.3. The first-order valence-corrected chi connectivity index (χ1v) is 16.6. The summed E-state index contributed by atoms with van der Waals surface area (Å²) in [6.45, 7) is 6.29. The Kier molecular flexibility index (Phi) is 9.56. The average molecular weight is 629 g/mol. The Bertz CT molecular complexity index is 1660. The van der Waals surface area contributed by atoms with E-state index in [1.807, 2.05) is 36.4 Å². The second kappa shape index (κ2) is 13.9. The van der Waals surface area contributed by atoms with Crippen LogP contribution in [0.5, 0.6) is 17.2 Å². The molecular weight excluding hydrogens is 588 g/mol. The maximum atomic E-state index is 12.7. The predicted octanol–water partition coefficient (Wildman–Crippen LogP) is 6.40. The van der Waals surface area contributed by atoms with Crippen LogP contribution in [0.3, 0.4) is 0 Å². The highest BCUT2D eigenvalue weighted by Gasteiger charge is 2.37. The number of amides is 1. The summed E-state index contributed by atoms with van der Waals surface area (Å²) in [5, 5.41) is 11.3. The highest BCUT2D eigenvalue weighted by molar-refractivity contribution is 7.22. The molecule has 0 unspecified atom stereocenters. The number of thiophene rings is 1. The number of methoxy groups -OCH3 is 1. The Morgan fingerprint density at radius 3 is 2.60 bits per heavy atom. The Hall–Kier alpha value is -4.08. The van der Waals surface area contributed by atoms with Gasteiger partial charge in [0.2, 0.25) is 5.91 Å². The molecule has 2 aliphatic rings. The molecule has 1 amide bonds. The van der Waals surface area contributed by atoms with Crippen LogP contribution in [-0.4, -0.2) is 72.8 Å². The number of hydrogen-bond donors (Lipinski definition) is 1. The number of aromatic hydroxyl groups is 1. The smallest absolute Gasteiger partial charge is 0.328 e. The van der Waals surface area contributed by atoms with Gasteiger partial charge in [-0.05, 0) is 116 Å². The molecule has 0 saturated carbocycles. The van der Waals surface area contributed by atoms with Crippen molar-refractivity contribution in [2.75, 3.05) is 40.0 Å². The topological polar surface area (TPSA) is 88.5 Å². The third kappa shape index (κ3) is 6.94. The van der Waals surface area contributed by atoms with Crippen molar-refractivity contribution in [3.05, 3.63) is 77.4 Å². The SMILES string of the molecule is CCOC(=O)[C@@H]1CCC(=O)N1Cc1ccc(Cc2c(-c3ccc(OCCN4CCCC4)cc3)sc3cc(O)ccc23)cc1OC. The molecule has 3 aromatic carbocycles. The van der Waals surface area contributed by atoms with Gasteiger partial charge in [0.1, 0.15) is 29.9 Å². The quantitative estimate of drug-likeness (QED) is 0.182. The van der Waals surface area contributed by atoms with Gasteiger partial charge in [-0.2, -0.15) is 0 Å². The van der Waals surface area contributed by atoms with Crippen molar-refractivity contribution in [2.45, 2.75) is 51.6 Å². The van der Waals surface area contributed by atoms with E-state index < -0.39 is 6.04 Å². The molecule has 3 heterocycles. The summed E-state index contributed by atoms with van der Waals surface area (Å²) in [5.41, 5.74) is 4.16. The van der Waals surface area contributed by atoms with E-state index in [0.29, 0.717) is 31.6 Å². The average Bonchev–Trinajstić information content (AvgIpc) is 3.78. The number of phenols is 1. The Balaban J connectivity index is 1.23. The number of likely N-dealkylation sites (tertiary alicyclic amines) is 2. The van der Waals surface area contributed by atoms with Crippen molar-refractivity contribution in [1.29, 1.82) is 0 Å². The van der Waals surface area contributed by atoms with E-state index in [-0.39, 0.29) is 30.8 Å². The maximum Gasteiger partial charge on any atom is 0.328 e. The van der Waals surface area contributed by atoms with E-state index in [4.69, 9.17) is 14.2 Å². The van der Waals surface area contributed by atoms with Gasteiger partial charge in [-0.15, -0.1) is 11.3 Å². The van der Waals surface area contributed by atoms with Crippen LogP contribution >= 0.6 is 11.3 Å². The maximum absolute atomic E-state index is 12.7. The standard InChI is InChI=1S/C36H40N2O6S/c1-3-43-36(41)31-14-15-34(40)38(31)23-26-7-6-24(21-32(26)42-2)20-30-29-13-10-27(39)22-33(29)45-35(30)25-8-11-28(12-9-25)44-19-18-37-16-4-5-17-37/h6-13,21-22,31,39H,3-5,14-20,23H2,1-2H3/t31-/m0/s1. The number of nitrogens with zero attached hydrogens (tertiary/aromatic N) is 2. The molecule has 236 valence electrons. The van der Waals surface area contributed by atoms with Crippen LogP contribution in [0.25, 0.3) is 20.5 Å². The first-order chi connectivity index (χ1) is 21.9. The molecule has 0 radical (unpaired) electrons. The van der Waals surface area contributed by atoms with Crippen LogP contribution in [0, 0.1) is 0 Å². The van der Waals surface area contributed by atoms with Crippen LogP contribution in [0.2, 0.25) is 0 Å². The fraction of sp³-hybridized carbons (Fsp3) is 0.389. The van der Waals surface area contributed by atoms with Crippen LogP contribution in [0.1, 0.15) is 49.3 Å². The summed E-state index contributed by atoms with van der Waals surface area (Å²) in [4.78, 5) is 30.4. The Labute approximate surface area is 268 Å². The minimum atomic E-state index is -0.570. The van der Waals surface area contributed by atoms with Gasteiger partial charge in [-0.1, -0.05) is 12.1 Å². The Morgan fingerprint density at radius 1 is 1.04 bits per heavy atom. The molecule has 0 aliphatic carbocycles. The summed E-state index contributed by atoms with van der Waals surface area (Å²) < 4.78 is 18.1. The summed E-state index contributed by atoms with van der Waals surface area (Å²) >= 11 is 1.67. The molecule has 4 aromatic rings. The number of ether oxygens (including phenoxy) is 3.